The van der Waals surface area contributed by atoms with Crippen molar-refractivity contribution in [2.24, 2.45) is 5.73 Å². The summed E-state index contributed by atoms with van der Waals surface area (Å²) in [5.74, 6) is 1.00. The lowest BCUT2D eigenvalue weighted by atomic mass is 10.1. The van der Waals surface area contributed by atoms with Gasteiger partial charge in [-0.2, -0.15) is 0 Å². The SMILES string of the molecule is CCSc1cccc(N(C)Cc2csc(Br)c2)c1C(N)=S. The molecule has 0 amide bonds. The maximum Gasteiger partial charge on any atom is 0.107 e. The van der Waals surface area contributed by atoms with Gasteiger partial charge in [-0.25, -0.2) is 0 Å². The van der Waals surface area contributed by atoms with Crippen molar-refractivity contribution in [1.29, 1.82) is 0 Å². The Balaban J connectivity index is 2.33. The molecule has 0 aliphatic carbocycles. The average molecular weight is 401 g/mol. The third-order valence-electron chi connectivity index (χ3n) is 3.00. The van der Waals surface area contributed by atoms with E-state index in [4.69, 9.17) is 18.0 Å². The molecule has 1 aromatic carbocycles. The van der Waals surface area contributed by atoms with Crippen molar-refractivity contribution in [3.63, 3.8) is 0 Å². The fraction of sp³-hybridized carbons (Fsp3) is 0.267. The van der Waals surface area contributed by atoms with Gasteiger partial charge in [-0.1, -0.05) is 25.2 Å². The van der Waals surface area contributed by atoms with Gasteiger partial charge < -0.3 is 10.6 Å². The maximum absolute atomic E-state index is 5.97. The highest BCUT2D eigenvalue weighted by molar-refractivity contribution is 9.11. The first kappa shape index (κ1) is 16.8. The molecule has 2 rings (SSSR count). The molecule has 21 heavy (non-hydrogen) atoms. The van der Waals surface area contributed by atoms with Gasteiger partial charge in [0.2, 0.25) is 0 Å². The minimum absolute atomic E-state index is 0.458. The van der Waals surface area contributed by atoms with Crippen molar-refractivity contribution >= 4 is 61.9 Å². The second kappa shape index (κ2) is 7.63. The topological polar surface area (TPSA) is 29.3 Å². The minimum Gasteiger partial charge on any atom is -0.389 e. The van der Waals surface area contributed by atoms with E-state index in [1.165, 1.54) is 5.56 Å². The van der Waals surface area contributed by atoms with Gasteiger partial charge in [-0.3, -0.25) is 0 Å². The molecule has 2 nitrogen and oxygen atoms in total. The number of rotatable bonds is 6. The molecular formula is C15H17BrN2S3. The summed E-state index contributed by atoms with van der Waals surface area (Å²) in [5.41, 5.74) is 9.31. The number of benzene rings is 1. The van der Waals surface area contributed by atoms with Crippen molar-refractivity contribution in [3.8, 4) is 0 Å². The van der Waals surface area contributed by atoms with Crippen LogP contribution in [0.5, 0.6) is 0 Å². The van der Waals surface area contributed by atoms with E-state index in [1.807, 2.05) is 0 Å². The fourth-order valence-electron chi connectivity index (χ4n) is 2.15. The van der Waals surface area contributed by atoms with Gasteiger partial charge in [0.05, 0.1) is 3.79 Å². The molecule has 1 aromatic heterocycles. The Morgan fingerprint density at radius 3 is 2.81 bits per heavy atom. The van der Waals surface area contributed by atoms with E-state index in [0.717, 1.165) is 32.2 Å². The Morgan fingerprint density at radius 2 is 2.24 bits per heavy atom. The van der Waals surface area contributed by atoms with Crippen LogP contribution in [0.15, 0.2) is 38.3 Å². The predicted octanol–water partition coefficient (Wildman–Crippen LogP) is 4.89. The molecule has 0 saturated heterocycles. The first-order chi connectivity index (χ1) is 10.0. The van der Waals surface area contributed by atoms with Crippen LogP contribution in [0.1, 0.15) is 18.1 Å². The smallest absolute Gasteiger partial charge is 0.107 e. The van der Waals surface area contributed by atoms with Crippen molar-refractivity contribution < 1.29 is 0 Å². The second-order valence-electron chi connectivity index (χ2n) is 4.56. The van der Waals surface area contributed by atoms with Crippen molar-refractivity contribution in [2.75, 3.05) is 17.7 Å². The van der Waals surface area contributed by atoms with Crippen LogP contribution in [0, 0.1) is 0 Å². The minimum atomic E-state index is 0.458. The molecule has 6 heteroatoms. The highest BCUT2D eigenvalue weighted by Crippen LogP contribution is 2.31. The number of halogens is 1. The summed E-state index contributed by atoms with van der Waals surface area (Å²) in [6.45, 7) is 2.96. The number of hydrogen-bond acceptors (Lipinski definition) is 4. The van der Waals surface area contributed by atoms with E-state index in [0.29, 0.717) is 4.99 Å². The van der Waals surface area contributed by atoms with E-state index in [9.17, 15) is 0 Å². The molecule has 1 heterocycles. The molecule has 2 N–H and O–H groups in total. The number of thiocarbonyl (C=S) groups is 1. The Labute approximate surface area is 147 Å². The van der Waals surface area contributed by atoms with Crippen LogP contribution in [0.4, 0.5) is 5.69 Å². The number of anilines is 1. The summed E-state index contributed by atoms with van der Waals surface area (Å²) >= 11 is 12.2. The number of thiophene rings is 1. The molecule has 0 spiro atoms. The van der Waals surface area contributed by atoms with Gasteiger partial charge >= 0.3 is 0 Å². The van der Waals surface area contributed by atoms with E-state index in [-0.39, 0.29) is 0 Å². The summed E-state index contributed by atoms with van der Waals surface area (Å²) in [6.07, 6.45) is 0. The first-order valence-electron chi connectivity index (χ1n) is 6.52. The molecule has 2 aromatic rings. The van der Waals surface area contributed by atoms with Crippen molar-refractivity contribution in [1.82, 2.24) is 0 Å². The summed E-state index contributed by atoms with van der Waals surface area (Å²) in [5, 5.41) is 2.16. The zero-order valence-corrected chi connectivity index (χ0v) is 16.0. The van der Waals surface area contributed by atoms with Gasteiger partial charge in [-0.15, -0.1) is 23.1 Å². The first-order valence-corrected chi connectivity index (χ1v) is 9.59. The summed E-state index contributed by atoms with van der Waals surface area (Å²) in [7, 11) is 2.07. The van der Waals surface area contributed by atoms with Crippen LogP contribution < -0.4 is 10.6 Å². The molecular weight excluding hydrogens is 384 g/mol. The van der Waals surface area contributed by atoms with Gasteiger partial charge in [0, 0.05) is 29.7 Å². The normalized spacial score (nSPS) is 10.6. The molecule has 0 bridgehead atoms. The second-order valence-corrected chi connectivity index (χ2v) is 8.60. The van der Waals surface area contributed by atoms with E-state index < -0.39 is 0 Å². The zero-order chi connectivity index (χ0) is 15.4. The highest BCUT2D eigenvalue weighted by Gasteiger charge is 2.15. The monoisotopic (exact) mass is 400 g/mol. The van der Waals surface area contributed by atoms with Gasteiger partial charge in [0.15, 0.2) is 0 Å². The largest absolute Gasteiger partial charge is 0.389 e. The molecule has 0 aliphatic rings. The standard InChI is InChI=1S/C15H17BrN2S3/c1-3-20-12-6-4-5-11(14(12)15(17)19)18(2)8-10-7-13(16)21-9-10/h4-7,9H,3,8H2,1-2H3,(H2,17,19). The predicted molar refractivity (Wildman–Crippen MR) is 103 cm³/mol. The van der Waals surface area contributed by atoms with Crippen LogP contribution in [-0.4, -0.2) is 17.8 Å². The van der Waals surface area contributed by atoms with Crippen molar-refractivity contribution in [3.05, 3.63) is 44.6 Å². The van der Waals surface area contributed by atoms with Crippen LogP contribution in [-0.2, 0) is 6.54 Å². The Hall–Kier alpha value is -0.560. The third kappa shape index (κ3) is 4.22. The lowest BCUT2D eigenvalue weighted by molar-refractivity contribution is 0.923. The van der Waals surface area contributed by atoms with Crippen LogP contribution in [0.3, 0.4) is 0 Å². The van der Waals surface area contributed by atoms with Crippen LogP contribution >= 0.6 is 51.2 Å². The highest BCUT2D eigenvalue weighted by atomic mass is 79.9. The molecule has 0 atom stereocenters. The maximum atomic E-state index is 5.97. The third-order valence-corrected chi connectivity index (χ3v) is 5.70. The zero-order valence-electron chi connectivity index (χ0n) is 11.9. The van der Waals surface area contributed by atoms with E-state index >= 15 is 0 Å². The van der Waals surface area contributed by atoms with E-state index in [1.54, 1.807) is 23.1 Å². The lowest BCUT2D eigenvalue weighted by Crippen LogP contribution is -2.22. The Kier molecular flexibility index (Phi) is 6.10. The molecule has 0 saturated carbocycles. The van der Waals surface area contributed by atoms with Gasteiger partial charge in [0.25, 0.3) is 0 Å². The van der Waals surface area contributed by atoms with Gasteiger partial charge in [0.1, 0.15) is 4.99 Å². The molecule has 0 fully saturated rings. The van der Waals surface area contributed by atoms with Crippen molar-refractivity contribution in [2.45, 2.75) is 18.4 Å². The van der Waals surface area contributed by atoms with Crippen LogP contribution in [0.25, 0.3) is 0 Å². The number of nitrogens with two attached hydrogens (primary N) is 1. The lowest BCUT2D eigenvalue weighted by Gasteiger charge is -2.23. The van der Waals surface area contributed by atoms with Gasteiger partial charge in [-0.05, 0) is 50.8 Å². The summed E-state index contributed by atoms with van der Waals surface area (Å²) in [6, 6.07) is 8.37. The molecule has 0 unspecified atom stereocenters. The molecule has 0 radical (unpaired) electrons. The summed E-state index contributed by atoms with van der Waals surface area (Å²) < 4.78 is 1.15. The Morgan fingerprint density at radius 1 is 1.48 bits per heavy atom. The number of hydrogen-bond donors (Lipinski definition) is 1. The molecule has 0 aliphatic heterocycles. The summed E-state index contributed by atoms with van der Waals surface area (Å²) in [4.78, 5) is 3.81. The average Bonchev–Trinajstić information content (AvgIpc) is 2.84. The quantitative estimate of drug-likeness (QED) is 0.551. The molecule has 112 valence electrons. The number of thioether (sulfide) groups is 1. The fourth-order valence-corrected chi connectivity index (χ4v) is 4.47. The Bertz CT molecular complexity index is 640. The van der Waals surface area contributed by atoms with E-state index in [2.05, 4.69) is 64.4 Å². The number of nitrogens with zero attached hydrogens (tertiary/aromatic N) is 1. The van der Waals surface area contributed by atoms with Crippen LogP contribution in [0.2, 0.25) is 0 Å².